The molecule has 3 N–H and O–H groups in total. The van der Waals surface area contributed by atoms with E-state index in [0.29, 0.717) is 19.1 Å². The number of hydrogen-bond acceptors (Lipinski definition) is 8. The standard InChI is InChI=1S/C25H30N6O2/c1-30-16-18(13-28-30)25-14-27-23-6-5-19(11-24(23)29-25)31(15-17-3-4-17)20-9-21(32-2)12-22(10-20)33-8-7-26/h5-6,9-12,14,16-17,28H,3-4,7-8,13,15,26H2,1-2H3. The minimum atomic E-state index is 0.462. The Bertz CT molecular complexity index is 1180. The van der Waals surface area contributed by atoms with Crippen molar-refractivity contribution in [3.8, 4) is 11.5 Å². The zero-order chi connectivity index (χ0) is 22.8. The Hall–Kier alpha value is -3.36. The van der Waals surface area contributed by atoms with E-state index in [1.807, 2.05) is 30.4 Å². The monoisotopic (exact) mass is 446 g/mol. The molecule has 0 unspecified atom stereocenters. The van der Waals surface area contributed by atoms with Crippen molar-refractivity contribution >= 4 is 28.0 Å². The minimum absolute atomic E-state index is 0.462. The molecule has 1 aromatic heterocycles. The zero-order valence-corrected chi connectivity index (χ0v) is 19.1. The normalized spacial score (nSPS) is 15.6. The van der Waals surface area contributed by atoms with Crippen molar-refractivity contribution in [1.29, 1.82) is 0 Å². The summed E-state index contributed by atoms with van der Waals surface area (Å²) in [6, 6.07) is 12.3. The van der Waals surface area contributed by atoms with Crippen LogP contribution in [0.15, 0.2) is 48.8 Å². The predicted molar refractivity (Wildman–Crippen MR) is 131 cm³/mol. The highest BCUT2D eigenvalue weighted by Gasteiger charge is 2.26. The summed E-state index contributed by atoms with van der Waals surface area (Å²) in [6.07, 6.45) is 6.41. The first kappa shape index (κ1) is 21.5. The maximum absolute atomic E-state index is 5.83. The summed E-state index contributed by atoms with van der Waals surface area (Å²) in [5, 5.41) is 1.95. The van der Waals surface area contributed by atoms with Gasteiger partial charge in [0.2, 0.25) is 0 Å². The van der Waals surface area contributed by atoms with E-state index in [-0.39, 0.29) is 0 Å². The molecule has 1 aliphatic heterocycles. The van der Waals surface area contributed by atoms with Gasteiger partial charge in [-0.25, -0.2) is 10.4 Å². The molecule has 1 saturated carbocycles. The number of aromatic nitrogens is 2. The Kier molecular flexibility index (Phi) is 6.02. The number of nitrogens with zero attached hydrogens (tertiary/aromatic N) is 4. The van der Waals surface area contributed by atoms with Gasteiger partial charge in [0.15, 0.2) is 0 Å². The second-order valence-corrected chi connectivity index (χ2v) is 8.59. The molecule has 2 aromatic carbocycles. The van der Waals surface area contributed by atoms with Crippen LogP contribution in [0.25, 0.3) is 16.6 Å². The molecule has 0 saturated heterocycles. The summed E-state index contributed by atoms with van der Waals surface area (Å²) < 4.78 is 11.4. The van der Waals surface area contributed by atoms with E-state index in [4.69, 9.17) is 20.2 Å². The van der Waals surface area contributed by atoms with E-state index in [1.165, 1.54) is 12.8 Å². The SMILES string of the molecule is COc1cc(OCCN)cc(N(CC2CC2)c2ccc3ncc(C4=CN(C)NC4)nc3c2)c1. The summed E-state index contributed by atoms with van der Waals surface area (Å²) in [6.45, 7) is 2.61. The zero-order valence-electron chi connectivity index (χ0n) is 19.1. The number of fused-ring (bicyclic) bond motifs is 1. The van der Waals surface area contributed by atoms with Crippen molar-refractivity contribution in [3.63, 3.8) is 0 Å². The van der Waals surface area contributed by atoms with Gasteiger partial charge >= 0.3 is 0 Å². The molecule has 3 aromatic rings. The van der Waals surface area contributed by atoms with Gasteiger partial charge in [-0.2, -0.15) is 0 Å². The predicted octanol–water partition coefficient (Wildman–Crippen LogP) is 3.31. The quantitative estimate of drug-likeness (QED) is 0.518. The molecular weight excluding hydrogens is 416 g/mol. The first-order chi connectivity index (χ1) is 16.1. The van der Waals surface area contributed by atoms with Gasteiger partial charge in [0, 0.05) is 68.0 Å². The summed E-state index contributed by atoms with van der Waals surface area (Å²) in [7, 11) is 3.66. The van der Waals surface area contributed by atoms with Gasteiger partial charge in [-0.1, -0.05) is 0 Å². The number of hydrogen-bond donors (Lipinski definition) is 2. The molecule has 8 heteroatoms. The maximum Gasteiger partial charge on any atom is 0.125 e. The lowest BCUT2D eigenvalue weighted by molar-refractivity contribution is 0.325. The van der Waals surface area contributed by atoms with Crippen molar-refractivity contribution in [2.45, 2.75) is 12.8 Å². The highest BCUT2D eigenvalue weighted by Crippen LogP contribution is 2.38. The van der Waals surface area contributed by atoms with Crippen LogP contribution in [0.1, 0.15) is 18.5 Å². The second-order valence-electron chi connectivity index (χ2n) is 8.59. The molecule has 8 nitrogen and oxygen atoms in total. The van der Waals surface area contributed by atoms with Crippen molar-refractivity contribution < 1.29 is 9.47 Å². The van der Waals surface area contributed by atoms with Crippen LogP contribution in [0.2, 0.25) is 0 Å². The molecule has 5 rings (SSSR count). The Balaban J connectivity index is 1.53. The lowest BCUT2D eigenvalue weighted by atomic mass is 10.1. The van der Waals surface area contributed by atoms with Gasteiger partial charge in [0.05, 0.1) is 30.0 Å². The van der Waals surface area contributed by atoms with Gasteiger partial charge in [-0.3, -0.25) is 4.98 Å². The molecule has 0 spiro atoms. The van der Waals surface area contributed by atoms with Crippen LogP contribution in [0.3, 0.4) is 0 Å². The highest BCUT2D eigenvalue weighted by atomic mass is 16.5. The second kappa shape index (κ2) is 9.25. The number of ether oxygens (including phenoxy) is 2. The largest absolute Gasteiger partial charge is 0.497 e. The number of anilines is 2. The van der Waals surface area contributed by atoms with Crippen molar-refractivity contribution in [1.82, 2.24) is 20.4 Å². The minimum Gasteiger partial charge on any atom is -0.497 e. The molecule has 2 aliphatic rings. The van der Waals surface area contributed by atoms with Crippen LogP contribution >= 0.6 is 0 Å². The van der Waals surface area contributed by atoms with Gasteiger partial charge in [-0.05, 0) is 37.0 Å². The van der Waals surface area contributed by atoms with E-state index in [1.54, 1.807) is 7.11 Å². The first-order valence-electron chi connectivity index (χ1n) is 11.4. The molecule has 33 heavy (non-hydrogen) atoms. The molecule has 1 fully saturated rings. The Morgan fingerprint density at radius 3 is 2.70 bits per heavy atom. The summed E-state index contributed by atoms with van der Waals surface area (Å²) in [5.74, 6) is 2.19. The number of rotatable bonds is 9. The van der Waals surface area contributed by atoms with E-state index in [0.717, 1.165) is 58.3 Å². The van der Waals surface area contributed by atoms with Crippen LogP contribution in [-0.4, -0.2) is 55.4 Å². The van der Waals surface area contributed by atoms with Crippen LogP contribution < -0.4 is 25.5 Å². The number of nitrogens with two attached hydrogens (primary N) is 1. The molecular formula is C25H30N6O2. The molecule has 172 valence electrons. The van der Waals surface area contributed by atoms with Crippen molar-refractivity contribution in [2.75, 3.05) is 45.3 Å². The fourth-order valence-corrected chi connectivity index (χ4v) is 4.02. The Morgan fingerprint density at radius 2 is 1.97 bits per heavy atom. The van der Waals surface area contributed by atoms with Crippen LogP contribution in [0.5, 0.6) is 11.5 Å². The van der Waals surface area contributed by atoms with Gasteiger partial charge < -0.3 is 25.1 Å². The van der Waals surface area contributed by atoms with Gasteiger partial charge in [-0.15, -0.1) is 0 Å². The number of nitrogens with one attached hydrogen (secondary N) is 1. The fraction of sp³-hybridized carbons (Fsp3) is 0.360. The summed E-state index contributed by atoms with van der Waals surface area (Å²) in [4.78, 5) is 11.9. The van der Waals surface area contributed by atoms with Gasteiger partial charge in [0.1, 0.15) is 18.1 Å². The Morgan fingerprint density at radius 1 is 1.12 bits per heavy atom. The molecule has 0 amide bonds. The summed E-state index contributed by atoms with van der Waals surface area (Å²) in [5.41, 5.74) is 14.8. The van der Waals surface area contributed by atoms with Crippen LogP contribution in [-0.2, 0) is 0 Å². The van der Waals surface area contributed by atoms with E-state index < -0.39 is 0 Å². The third kappa shape index (κ3) is 4.86. The molecule has 0 atom stereocenters. The topological polar surface area (TPSA) is 88.8 Å². The van der Waals surface area contributed by atoms with Gasteiger partial charge in [0.25, 0.3) is 0 Å². The highest BCUT2D eigenvalue weighted by molar-refractivity contribution is 5.82. The maximum atomic E-state index is 5.83. The third-order valence-corrected chi connectivity index (χ3v) is 5.97. The Labute approximate surface area is 194 Å². The summed E-state index contributed by atoms with van der Waals surface area (Å²) >= 11 is 0. The number of methoxy groups -OCH3 is 1. The average Bonchev–Trinajstić information content (AvgIpc) is 3.57. The van der Waals surface area contributed by atoms with Crippen molar-refractivity contribution in [2.24, 2.45) is 11.7 Å². The molecule has 0 bridgehead atoms. The van der Waals surface area contributed by atoms with Crippen molar-refractivity contribution in [3.05, 3.63) is 54.5 Å². The first-order valence-corrected chi connectivity index (χ1v) is 11.4. The van der Waals surface area contributed by atoms with E-state index in [2.05, 4.69) is 45.8 Å². The number of hydrazine groups is 1. The van der Waals surface area contributed by atoms with Crippen LogP contribution in [0, 0.1) is 5.92 Å². The smallest absolute Gasteiger partial charge is 0.125 e. The molecule has 0 radical (unpaired) electrons. The van der Waals surface area contributed by atoms with Crippen LogP contribution in [0.4, 0.5) is 11.4 Å². The van der Waals surface area contributed by atoms with E-state index in [9.17, 15) is 0 Å². The molecule has 1 aliphatic carbocycles. The fourth-order valence-electron chi connectivity index (χ4n) is 4.02. The lowest BCUT2D eigenvalue weighted by Gasteiger charge is -2.26. The lowest BCUT2D eigenvalue weighted by Crippen LogP contribution is -2.23. The average molecular weight is 447 g/mol. The number of benzene rings is 2. The van der Waals surface area contributed by atoms with E-state index >= 15 is 0 Å². The molecule has 2 heterocycles. The third-order valence-electron chi connectivity index (χ3n) is 5.97.